The topological polar surface area (TPSA) is 44.4 Å². The fourth-order valence-electron chi connectivity index (χ4n) is 3.54. The molecule has 4 heteroatoms. The van der Waals surface area contributed by atoms with Gasteiger partial charge in [-0.05, 0) is 31.7 Å². The van der Waals surface area contributed by atoms with Crippen LogP contribution in [0.5, 0.6) is 0 Å². The Morgan fingerprint density at radius 1 is 1.10 bits per heavy atom. The van der Waals surface area contributed by atoms with Gasteiger partial charge in [0.05, 0.1) is 6.54 Å². The van der Waals surface area contributed by atoms with Gasteiger partial charge >= 0.3 is 0 Å². The molecule has 116 valence electrons. The number of rotatable bonds is 6. The molecular weight excluding hydrogens is 250 g/mol. The summed E-state index contributed by atoms with van der Waals surface area (Å²) in [4.78, 5) is 13.6. The van der Waals surface area contributed by atoms with Crippen LogP contribution < -0.4 is 10.6 Å². The smallest absolute Gasteiger partial charge is 0.233 e. The molecule has 1 aliphatic carbocycles. The van der Waals surface area contributed by atoms with Crippen molar-refractivity contribution in [1.82, 2.24) is 15.5 Å². The van der Waals surface area contributed by atoms with Crippen molar-refractivity contribution in [3.8, 4) is 0 Å². The number of nitrogens with zero attached hydrogens (tertiary/aromatic N) is 1. The predicted molar refractivity (Wildman–Crippen MR) is 82.7 cm³/mol. The lowest BCUT2D eigenvalue weighted by Gasteiger charge is -2.32. The van der Waals surface area contributed by atoms with E-state index in [4.69, 9.17) is 0 Å². The number of carbonyl (C=O) groups is 1. The molecule has 20 heavy (non-hydrogen) atoms. The Hall–Kier alpha value is -0.610. The van der Waals surface area contributed by atoms with Gasteiger partial charge in [0.15, 0.2) is 0 Å². The fourth-order valence-corrected chi connectivity index (χ4v) is 3.54. The lowest BCUT2D eigenvalue weighted by atomic mass is 9.87. The number of amides is 1. The normalized spacial score (nSPS) is 22.9. The van der Waals surface area contributed by atoms with Gasteiger partial charge in [-0.2, -0.15) is 0 Å². The largest absolute Gasteiger partial charge is 0.358 e. The van der Waals surface area contributed by atoms with Gasteiger partial charge in [0, 0.05) is 26.2 Å². The maximum absolute atomic E-state index is 11.3. The van der Waals surface area contributed by atoms with Crippen molar-refractivity contribution in [3.63, 3.8) is 0 Å². The fraction of sp³-hybridized carbons (Fsp3) is 0.938. The molecule has 2 fully saturated rings. The highest BCUT2D eigenvalue weighted by Gasteiger charge is 2.20. The van der Waals surface area contributed by atoms with E-state index >= 15 is 0 Å². The highest BCUT2D eigenvalue weighted by molar-refractivity contribution is 5.77. The summed E-state index contributed by atoms with van der Waals surface area (Å²) in [5.41, 5.74) is 0. The van der Waals surface area contributed by atoms with Crippen molar-refractivity contribution in [2.24, 2.45) is 5.92 Å². The standard InChI is InChI=1S/C16H31N3O/c1-17-16(20)13-19-11-8-15(9-12-19)18-10-7-14-5-3-2-4-6-14/h14-15,18H,2-13H2,1H3,(H,17,20). The van der Waals surface area contributed by atoms with Gasteiger partial charge in [-0.15, -0.1) is 0 Å². The van der Waals surface area contributed by atoms with Crippen LogP contribution in [0.3, 0.4) is 0 Å². The Morgan fingerprint density at radius 3 is 2.45 bits per heavy atom. The predicted octanol–water partition coefficient (Wildman–Crippen LogP) is 1.76. The molecular formula is C16H31N3O. The molecule has 0 atom stereocenters. The Morgan fingerprint density at radius 2 is 1.80 bits per heavy atom. The van der Waals surface area contributed by atoms with Gasteiger partial charge in [-0.25, -0.2) is 0 Å². The lowest BCUT2D eigenvalue weighted by molar-refractivity contribution is -0.122. The quantitative estimate of drug-likeness (QED) is 0.780. The molecule has 1 saturated heterocycles. The third kappa shape index (κ3) is 5.41. The van der Waals surface area contributed by atoms with Crippen LogP contribution in [0.4, 0.5) is 0 Å². The zero-order valence-electron chi connectivity index (χ0n) is 13.0. The highest BCUT2D eigenvalue weighted by atomic mass is 16.1. The average Bonchev–Trinajstić information content (AvgIpc) is 2.50. The molecule has 0 unspecified atom stereocenters. The number of nitrogens with one attached hydrogen (secondary N) is 2. The van der Waals surface area contributed by atoms with Crippen molar-refractivity contribution in [1.29, 1.82) is 0 Å². The Labute approximate surface area is 123 Å². The van der Waals surface area contributed by atoms with Crippen LogP contribution >= 0.6 is 0 Å². The van der Waals surface area contributed by atoms with Gasteiger partial charge < -0.3 is 10.6 Å². The van der Waals surface area contributed by atoms with Crippen LogP contribution in [0.1, 0.15) is 51.4 Å². The summed E-state index contributed by atoms with van der Waals surface area (Å²) in [6.07, 6.45) is 11.0. The molecule has 2 rings (SSSR count). The van der Waals surface area contributed by atoms with Crippen LogP contribution in [0.15, 0.2) is 0 Å². The molecule has 0 aromatic carbocycles. The van der Waals surface area contributed by atoms with E-state index in [-0.39, 0.29) is 5.91 Å². The van der Waals surface area contributed by atoms with Crippen LogP contribution in [0.2, 0.25) is 0 Å². The average molecular weight is 281 g/mol. The molecule has 2 aliphatic rings. The first-order valence-corrected chi connectivity index (χ1v) is 8.44. The van der Waals surface area contributed by atoms with Gasteiger partial charge in [-0.1, -0.05) is 32.1 Å². The number of likely N-dealkylation sites (N-methyl/N-ethyl adjacent to an activating group) is 1. The van der Waals surface area contributed by atoms with E-state index in [1.807, 2.05) is 0 Å². The molecule has 2 N–H and O–H groups in total. The molecule has 0 radical (unpaired) electrons. The minimum absolute atomic E-state index is 0.133. The van der Waals surface area contributed by atoms with Crippen molar-refractivity contribution >= 4 is 5.91 Å². The summed E-state index contributed by atoms with van der Waals surface area (Å²) in [7, 11) is 1.71. The third-order valence-electron chi connectivity index (χ3n) is 4.94. The first-order valence-electron chi connectivity index (χ1n) is 8.44. The van der Waals surface area contributed by atoms with Crippen molar-refractivity contribution in [3.05, 3.63) is 0 Å². The second-order valence-electron chi connectivity index (χ2n) is 6.47. The van der Waals surface area contributed by atoms with Crippen molar-refractivity contribution < 1.29 is 4.79 Å². The number of likely N-dealkylation sites (tertiary alicyclic amines) is 1. The first kappa shape index (κ1) is 15.8. The van der Waals surface area contributed by atoms with E-state index in [1.54, 1.807) is 7.05 Å². The van der Waals surface area contributed by atoms with Crippen LogP contribution in [0.25, 0.3) is 0 Å². The molecule has 0 spiro atoms. The SMILES string of the molecule is CNC(=O)CN1CCC(NCCC2CCCCC2)CC1. The van der Waals surface area contributed by atoms with Gasteiger partial charge in [0.1, 0.15) is 0 Å². The molecule has 4 nitrogen and oxygen atoms in total. The van der Waals surface area contributed by atoms with Crippen LogP contribution in [-0.4, -0.2) is 50.1 Å². The third-order valence-corrected chi connectivity index (χ3v) is 4.94. The summed E-state index contributed by atoms with van der Waals surface area (Å²) in [5, 5.41) is 6.43. The first-order chi connectivity index (χ1) is 9.78. The summed E-state index contributed by atoms with van der Waals surface area (Å²) in [5.74, 6) is 1.11. The molecule has 1 heterocycles. The maximum Gasteiger partial charge on any atom is 0.233 e. The van der Waals surface area contributed by atoms with Crippen LogP contribution in [-0.2, 0) is 4.79 Å². The maximum atomic E-state index is 11.3. The van der Waals surface area contributed by atoms with E-state index in [1.165, 1.54) is 57.9 Å². The molecule has 1 aliphatic heterocycles. The summed E-state index contributed by atoms with van der Waals surface area (Å²) < 4.78 is 0. The summed E-state index contributed by atoms with van der Waals surface area (Å²) in [6.45, 7) is 3.85. The van der Waals surface area contributed by atoms with Gasteiger partial charge in [0.2, 0.25) is 5.91 Å². The van der Waals surface area contributed by atoms with Crippen LogP contribution in [0, 0.1) is 5.92 Å². The second-order valence-corrected chi connectivity index (χ2v) is 6.47. The van der Waals surface area contributed by atoms with E-state index in [0.717, 1.165) is 19.0 Å². The summed E-state index contributed by atoms with van der Waals surface area (Å²) >= 11 is 0. The summed E-state index contributed by atoms with van der Waals surface area (Å²) in [6, 6.07) is 0.666. The second kappa shape index (κ2) is 8.63. The van der Waals surface area contributed by atoms with Crippen molar-refractivity contribution in [2.45, 2.75) is 57.4 Å². The van der Waals surface area contributed by atoms with Gasteiger partial charge in [0.25, 0.3) is 0 Å². The molecule has 1 saturated carbocycles. The molecule has 0 aromatic rings. The Balaban J connectivity index is 1.54. The zero-order valence-corrected chi connectivity index (χ0v) is 13.0. The van der Waals surface area contributed by atoms with E-state index in [9.17, 15) is 4.79 Å². The lowest BCUT2D eigenvalue weighted by Crippen LogP contribution is -2.46. The van der Waals surface area contributed by atoms with Gasteiger partial charge in [-0.3, -0.25) is 9.69 Å². The van der Waals surface area contributed by atoms with Crippen molar-refractivity contribution in [2.75, 3.05) is 33.2 Å². The Bertz CT molecular complexity index is 281. The highest BCUT2D eigenvalue weighted by Crippen LogP contribution is 2.25. The van der Waals surface area contributed by atoms with E-state index in [0.29, 0.717) is 12.6 Å². The van der Waals surface area contributed by atoms with E-state index < -0.39 is 0 Å². The Kier molecular flexibility index (Phi) is 6.80. The monoisotopic (exact) mass is 281 g/mol. The molecule has 0 bridgehead atoms. The number of hydrogen-bond donors (Lipinski definition) is 2. The minimum Gasteiger partial charge on any atom is -0.358 e. The number of hydrogen-bond acceptors (Lipinski definition) is 3. The number of piperidine rings is 1. The van der Waals surface area contributed by atoms with E-state index in [2.05, 4.69) is 15.5 Å². The molecule has 0 aromatic heterocycles. The zero-order chi connectivity index (χ0) is 14.2. The minimum atomic E-state index is 0.133. The molecule has 1 amide bonds. The number of carbonyl (C=O) groups excluding carboxylic acids is 1.